The van der Waals surface area contributed by atoms with Crippen LogP contribution in [0, 0.1) is 10.8 Å². The molecule has 0 aliphatic heterocycles. The third-order valence-corrected chi connectivity index (χ3v) is 6.40. The fourth-order valence-corrected chi connectivity index (χ4v) is 3.55. The molecular formula is C35H46O8. The lowest BCUT2D eigenvalue weighted by Crippen LogP contribution is -2.25. The molecule has 0 aliphatic carbocycles. The van der Waals surface area contributed by atoms with E-state index in [0.717, 1.165) is 12.0 Å². The summed E-state index contributed by atoms with van der Waals surface area (Å²) in [4.78, 5) is 37.5. The van der Waals surface area contributed by atoms with Gasteiger partial charge in [0.05, 0.1) is 23.0 Å². The zero-order valence-electron chi connectivity index (χ0n) is 27.0. The van der Waals surface area contributed by atoms with Crippen LogP contribution >= 0.6 is 0 Å². The normalized spacial score (nSPS) is 12.0. The molecule has 0 N–H and O–H groups in total. The highest BCUT2D eigenvalue weighted by Crippen LogP contribution is 2.41. The number of hydrogen-bond donors (Lipinski definition) is 0. The van der Waals surface area contributed by atoms with Crippen LogP contribution in [0.25, 0.3) is 6.08 Å². The van der Waals surface area contributed by atoms with Crippen molar-refractivity contribution in [3.05, 3.63) is 71.8 Å². The molecule has 0 bridgehead atoms. The number of esters is 2. The lowest BCUT2D eigenvalue weighted by molar-refractivity contribution is -0.160. The number of carbonyl (C=O) groups excluding carboxylic acids is 3. The third kappa shape index (κ3) is 10.3. The van der Waals surface area contributed by atoms with Crippen molar-refractivity contribution in [3.63, 3.8) is 0 Å². The number of hydrogen-bond acceptors (Lipinski definition) is 8. The van der Waals surface area contributed by atoms with Crippen LogP contribution in [0.15, 0.2) is 55.1 Å². The van der Waals surface area contributed by atoms with Crippen LogP contribution in [0.5, 0.6) is 17.2 Å². The number of ketones is 1. The van der Waals surface area contributed by atoms with E-state index >= 15 is 0 Å². The first-order valence-corrected chi connectivity index (χ1v) is 14.4. The Bertz CT molecular complexity index is 1310. The number of ether oxygens (including phenoxy) is 5. The maximum atomic E-state index is 13.2. The summed E-state index contributed by atoms with van der Waals surface area (Å²) >= 11 is 0. The Hall–Kier alpha value is -4.07. The van der Waals surface area contributed by atoms with Crippen LogP contribution in [0.1, 0.15) is 90.2 Å². The summed E-state index contributed by atoms with van der Waals surface area (Å²) in [6, 6.07) is 10.3. The van der Waals surface area contributed by atoms with Crippen molar-refractivity contribution < 1.29 is 38.1 Å². The van der Waals surface area contributed by atoms with E-state index in [9.17, 15) is 14.4 Å². The van der Waals surface area contributed by atoms with Crippen molar-refractivity contribution in [2.45, 2.75) is 74.1 Å². The minimum atomic E-state index is -0.689. The van der Waals surface area contributed by atoms with Crippen LogP contribution in [0.3, 0.4) is 0 Å². The van der Waals surface area contributed by atoms with Gasteiger partial charge in [0.1, 0.15) is 17.2 Å². The Balaban J connectivity index is 2.36. The summed E-state index contributed by atoms with van der Waals surface area (Å²) in [5, 5.41) is 0. The summed E-state index contributed by atoms with van der Waals surface area (Å²) in [5.41, 5.74) is -0.0615. The number of benzene rings is 2. The van der Waals surface area contributed by atoms with E-state index in [2.05, 4.69) is 6.58 Å². The highest BCUT2D eigenvalue weighted by Gasteiger charge is 2.27. The average Bonchev–Trinajstić information content (AvgIpc) is 2.94. The van der Waals surface area contributed by atoms with Gasteiger partial charge in [-0.2, -0.15) is 0 Å². The molecule has 2 aromatic rings. The van der Waals surface area contributed by atoms with E-state index in [4.69, 9.17) is 23.7 Å². The molecule has 0 radical (unpaired) electrons. The van der Waals surface area contributed by atoms with Crippen molar-refractivity contribution in [2.75, 3.05) is 20.2 Å². The third-order valence-electron chi connectivity index (χ3n) is 6.40. The molecule has 0 aliphatic rings. The highest BCUT2D eigenvalue weighted by atomic mass is 16.7. The molecule has 8 nitrogen and oxygen atoms in total. The number of allylic oxidation sites excluding steroid dienone is 2. The Morgan fingerprint density at radius 2 is 1.33 bits per heavy atom. The van der Waals surface area contributed by atoms with Gasteiger partial charge >= 0.3 is 11.9 Å². The van der Waals surface area contributed by atoms with Crippen molar-refractivity contribution in [1.82, 2.24) is 0 Å². The van der Waals surface area contributed by atoms with Crippen molar-refractivity contribution >= 4 is 23.8 Å². The molecule has 0 heterocycles. The molecule has 234 valence electrons. The minimum absolute atomic E-state index is 0.227. The molecule has 0 atom stereocenters. The number of carbonyl (C=O) groups is 3. The molecule has 8 heteroatoms. The minimum Gasteiger partial charge on any atom is -0.493 e. The summed E-state index contributed by atoms with van der Waals surface area (Å²) in [6.07, 6.45) is 5.67. The van der Waals surface area contributed by atoms with Gasteiger partial charge in [-0.25, -0.2) is 0 Å². The van der Waals surface area contributed by atoms with Gasteiger partial charge < -0.3 is 23.7 Å². The second-order valence-corrected chi connectivity index (χ2v) is 12.7. The van der Waals surface area contributed by atoms with Crippen LogP contribution in [-0.4, -0.2) is 37.9 Å². The molecule has 2 rings (SSSR count). The molecular weight excluding hydrogens is 548 g/mol. The maximum Gasteiger partial charge on any atom is 0.314 e. The summed E-state index contributed by atoms with van der Waals surface area (Å²) in [6.45, 7) is 20.4. The van der Waals surface area contributed by atoms with Gasteiger partial charge in [0.15, 0.2) is 5.78 Å². The molecule has 0 amide bonds. The van der Waals surface area contributed by atoms with E-state index < -0.39 is 22.2 Å². The lowest BCUT2D eigenvalue weighted by atomic mass is 9.83. The van der Waals surface area contributed by atoms with Gasteiger partial charge in [0.25, 0.3) is 0 Å². The first kappa shape index (κ1) is 35.1. The van der Waals surface area contributed by atoms with Gasteiger partial charge in [-0.1, -0.05) is 32.9 Å². The van der Waals surface area contributed by atoms with Gasteiger partial charge in [0.2, 0.25) is 13.6 Å². The Labute approximate surface area is 256 Å². The molecule has 0 spiro atoms. The predicted molar refractivity (Wildman–Crippen MR) is 167 cm³/mol. The number of rotatable bonds is 14. The van der Waals surface area contributed by atoms with Crippen LogP contribution < -0.4 is 14.2 Å². The maximum absolute atomic E-state index is 13.2. The Morgan fingerprint density at radius 1 is 0.767 bits per heavy atom. The highest BCUT2D eigenvalue weighted by molar-refractivity contribution is 6.07. The van der Waals surface area contributed by atoms with E-state index in [1.165, 1.54) is 6.08 Å². The van der Waals surface area contributed by atoms with Gasteiger partial charge in [0, 0.05) is 16.5 Å². The molecule has 0 saturated carbocycles. The van der Waals surface area contributed by atoms with Gasteiger partial charge in [-0.3, -0.25) is 14.4 Å². The Morgan fingerprint density at radius 3 is 1.84 bits per heavy atom. The predicted octanol–water partition coefficient (Wildman–Crippen LogP) is 7.69. The van der Waals surface area contributed by atoms with Crippen molar-refractivity contribution in [2.24, 2.45) is 10.8 Å². The summed E-state index contributed by atoms with van der Waals surface area (Å²) in [7, 11) is 0. The molecule has 0 fully saturated rings. The second kappa shape index (κ2) is 14.9. The molecule has 43 heavy (non-hydrogen) atoms. The van der Waals surface area contributed by atoms with Gasteiger partial charge in [-0.15, -0.1) is 6.58 Å². The summed E-state index contributed by atoms with van der Waals surface area (Å²) in [5.74, 6) is 0.381. The molecule has 0 unspecified atom stereocenters. The fourth-order valence-electron chi connectivity index (χ4n) is 3.55. The van der Waals surface area contributed by atoms with E-state index in [0.29, 0.717) is 35.0 Å². The van der Waals surface area contributed by atoms with E-state index in [-0.39, 0.29) is 25.3 Å². The van der Waals surface area contributed by atoms with Gasteiger partial charge in [-0.05, 0) is 90.4 Å². The zero-order valence-corrected chi connectivity index (χ0v) is 27.0. The van der Waals surface area contributed by atoms with Crippen molar-refractivity contribution in [1.29, 1.82) is 0 Å². The summed E-state index contributed by atoms with van der Waals surface area (Å²) < 4.78 is 28.1. The molecule has 2 aromatic carbocycles. The molecule has 0 saturated heterocycles. The quantitative estimate of drug-likeness (QED) is 0.0722. The smallest absolute Gasteiger partial charge is 0.314 e. The first-order chi connectivity index (χ1) is 20.0. The largest absolute Gasteiger partial charge is 0.493 e. The van der Waals surface area contributed by atoms with E-state index in [1.54, 1.807) is 78.0 Å². The fraction of sp³-hybridized carbons (Fsp3) is 0.457. The second-order valence-electron chi connectivity index (χ2n) is 12.7. The standard InChI is InChI=1S/C35H46O8/c1-11-21-39-29-20-18-27(35(9,10)12-2)30(41-23-43-32(38)34(6,7)8)26(29)17-19-28(36)24-13-15-25(16-14-24)40-22-42-31(37)33(3,4)5/h12-20H,2,11,21-23H2,1,3-10H3. The topological polar surface area (TPSA) is 97.4 Å². The van der Waals surface area contributed by atoms with Crippen molar-refractivity contribution in [3.8, 4) is 17.2 Å². The van der Waals surface area contributed by atoms with E-state index in [1.807, 2.05) is 32.9 Å². The van der Waals surface area contributed by atoms with Crippen LogP contribution in [-0.2, 0) is 24.5 Å². The van der Waals surface area contributed by atoms with Crippen LogP contribution in [0.4, 0.5) is 0 Å². The monoisotopic (exact) mass is 594 g/mol. The molecule has 0 aromatic heterocycles. The Kier molecular flexibility index (Phi) is 12.2. The zero-order chi connectivity index (χ0) is 32.4. The lowest BCUT2D eigenvalue weighted by Gasteiger charge is -2.26. The van der Waals surface area contributed by atoms with Crippen LogP contribution in [0.2, 0.25) is 0 Å². The first-order valence-electron chi connectivity index (χ1n) is 14.4. The SMILES string of the molecule is C=CC(C)(C)c1ccc(OCCC)c(C=CC(=O)c2ccc(OCOC(=O)C(C)(C)C)cc2)c1OCOC(=O)C(C)(C)C. The average molecular weight is 595 g/mol.